The molecule has 3 rings (SSSR count). The van der Waals surface area contributed by atoms with Gasteiger partial charge >= 0.3 is 6.18 Å². The number of aromatic hydroxyl groups is 1. The fraction of sp³-hybridized carbons (Fsp3) is 0.227. The minimum Gasteiger partial charge on any atom is -0.493 e. The minimum atomic E-state index is -4.74. The van der Waals surface area contributed by atoms with Gasteiger partial charge < -0.3 is 10.4 Å². The fourth-order valence-electron chi connectivity index (χ4n) is 3.06. The molecule has 0 bridgehead atoms. The van der Waals surface area contributed by atoms with E-state index in [0.29, 0.717) is 12.0 Å². The number of halogens is 4. The highest BCUT2D eigenvalue weighted by Crippen LogP contribution is 2.39. The van der Waals surface area contributed by atoms with Gasteiger partial charge in [0.1, 0.15) is 5.25 Å². The molecule has 0 saturated heterocycles. The van der Waals surface area contributed by atoms with Crippen LogP contribution in [0.15, 0.2) is 64.5 Å². The van der Waals surface area contributed by atoms with Gasteiger partial charge in [0, 0.05) is 11.6 Å². The van der Waals surface area contributed by atoms with Crippen molar-refractivity contribution in [3.8, 4) is 5.88 Å². The standard InChI is InChI=1S/C22H19ClF3N3O3S/c1-2-10-29-18(31)12-17(30)28-21(29)33-19(13-6-4-3-5-7-13)20(32)27-16-9-8-14(23)11-15(16)22(24,25)26/h3-9,11-12,19,30H,2,10H2,1H3,(H,27,32). The molecule has 2 aromatic carbocycles. The van der Waals surface area contributed by atoms with Crippen LogP contribution in [0.2, 0.25) is 5.02 Å². The van der Waals surface area contributed by atoms with Crippen LogP contribution in [0.5, 0.6) is 5.88 Å². The van der Waals surface area contributed by atoms with E-state index >= 15 is 0 Å². The number of carbonyl (C=O) groups excluding carboxylic acids is 1. The molecule has 0 spiro atoms. The van der Waals surface area contributed by atoms with Crippen molar-refractivity contribution < 1.29 is 23.1 Å². The summed E-state index contributed by atoms with van der Waals surface area (Å²) in [7, 11) is 0. The summed E-state index contributed by atoms with van der Waals surface area (Å²) >= 11 is 6.57. The molecule has 3 aromatic rings. The fourth-order valence-corrected chi connectivity index (χ4v) is 4.35. The maximum Gasteiger partial charge on any atom is 0.418 e. The van der Waals surface area contributed by atoms with Crippen LogP contribution in [0.3, 0.4) is 0 Å². The Morgan fingerprint density at radius 3 is 2.55 bits per heavy atom. The Kier molecular flexibility index (Phi) is 7.70. The number of nitrogens with zero attached hydrogens (tertiary/aromatic N) is 2. The summed E-state index contributed by atoms with van der Waals surface area (Å²) in [6.45, 7) is 2.13. The average Bonchev–Trinajstić information content (AvgIpc) is 2.75. The van der Waals surface area contributed by atoms with Gasteiger partial charge in [0.05, 0.1) is 17.3 Å². The molecule has 0 aliphatic carbocycles. The Bertz CT molecular complexity index is 1200. The van der Waals surface area contributed by atoms with Crippen LogP contribution in [0.25, 0.3) is 0 Å². The van der Waals surface area contributed by atoms with E-state index in [0.717, 1.165) is 30.0 Å². The smallest absolute Gasteiger partial charge is 0.418 e. The lowest BCUT2D eigenvalue weighted by Gasteiger charge is -2.20. The summed E-state index contributed by atoms with van der Waals surface area (Å²) in [6.07, 6.45) is -4.15. The number of hydrogen-bond donors (Lipinski definition) is 2. The van der Waals surface area contributed by atoms with Gasteiger partial charge in [0.2, 0.25) is 11.8 Å². The lowest BCUT2D eigenvalue weighted by molar-refractivity contribution is -0.137. The molecule has 0 saturated carbocycles. The van der Waals surface area contributed by atoms with Gasteiger partial charge in [0.25, 0.3) is 5.56 Å². The molecule has 1 aromatic heterocycles. The maximum absolute atomic E-state index is 13.5. The van der Waals surface area contributed by atoms with Crippen LogP contribution in [0.1, 0.15) is 29.7 Å². The molecular formula is C22H19ClF3N3O3S. The second-order valence-corrected chi connectivity index (χ2v) is 8.48. The third-order valence-electron chi connectivity index (χ3n) is 4.52. The highest BCUT2D eigenvalue weighted by molar-refractivity contribution is 8.00. The molecule has 1 atom stereocenters. The number of aromatic nitrogens is 2. The van der Waals surface area contributed by atoms with E-state index < -0.39 is 40.0 Å². The zero-order chi connectivity index (χ0) is 24.2. The van der Waals surface area contributed by atoms with Crippen molar-refractivity contribution in [2.45, 2.75) is 36.5 Å². The van der Waals surface area contributed by atoms with Gasteiger partial charge in [-0.25, -0.2) is 0 Å². The number of nitrogens with one attached hydrogen (secondary N) is 1. The van der Waals surface area contributed by atoms with Crippen molar-refractivity contribution >= 4 is 35.0 Å². The third-order valence-corrected chi connectivity index (χ3v) is 6.00. The van der Waals surface area contributed by atoms with E-state index in [2.05, 4.69) is 10.3 Å². The molecule has 2 N–H and O–H groups in total. The largest absolute Gasteiger partial charge is 0.493 e. The van der Waals surface area contributed by atoms with E-state index in [1.165, 1.54) is 10.6 Å². The molecular weight excluding hydrogens is 479 g/mol. The molecule has 0 aliphatic heterocycles. The minimum absolute atomic E-state index is 0.0676. The highest BCUT2D eigenvalue weighted by Gasteiger charge is 2.35. The first-order chi connectivity index (χ1) is 15.6. The van der Waals surface area contributed by atoms with Crippen LogP contribution in [-0.4, -0.2) is 20.6 Å². The van der Waals surface area contributed by atoms with Crippen molar-refractivity contribution in [2.75, 3.05) is 5.32 Å². The number of alkyl halides is 3. The molecule has 1 unspecified atom stereocenters. The molecule has 174 valence electrons. The molecule has 6 nitrogen and oxygen atoms in total. The van der Waals surface area contributed by atoms with Crippen LogP contribution in [-0.2, 0) is 17.5 Å². The van der Waals surface area contributed by atoms with E-state index in [4.69, 9.17) is 11.6 Å². The van der Waals surface area contributed by atoms with Gasteiger partial charge in [-0.2, -0.15) is 18.2 Å². The second kappa shape index (κ2) is 10.3. The molecule has 0 aliphatic rings. The summed E-state index contributed by atoms with van der Waals surface area (Å²) in [5.41, 5.74) is -1.56. The lowest BCUT2D eigenvalue weighted by Crippen LogP contribution is -2.25. The Morgan fingerprint density at radius 1 is 1.21 bits per heavy atom. The summed E-state index contributed by atoms with van der Waals surface area (Å²) in [4.78, 5) is 29.5. The quantitative estimate of drug-likeness (QED) is 0.332. The average molecular weight is 498 g/mol. The predicted molar refractivity (Wildman–Crippen MR) is 121 cm³/mol. The lowest BCUT2D eigenvalue weighted by atomic mass is 10.1. The molecule has 1 amide bonds. The Hall–Kier alpha value is -2.98. The van der Waals surface area contributed by atoms with E-state index in [1.54, 1.807) is 30.3 Å². The Morgan fingerprint density at radius 2 is 1.91 bits per heavy atom. The number of hydrogen-bond acceptors (Lipinski definition) is 5. The van der Waals surface area contributed by atoms with Crippen molar-refractivity contribution in [3.63, 3.8) is 0 Å². The van der Waals surface area contributed by atoms with Crippen molar-refractivity contribution in [3.05, 3.63) is 81.1 Å². The topological polar surface area (TPSA) is 84.2 Å². The first kappa shape index (κ1) is 24.7. The number of anilines is 1. The monoisotopic (exact) mass is 497 g/mol. The van der Waals surface area contributed by atoms with Crippen LogP contribution in [0, 0.1) is 0 Å². The van der Waals surface area contributed by atoms with Gasteiger partial charge in [-0.05, 0) is 30.2 Å². The van der Waals surface area contributed by atoms with Crippen LogP contribution >= 0.6 is 23.4 Å². The summed E-state index contributed by atoms with van der Waals surface area (Å²) in [5.74, 6) is -1.28. The highest BCUT2D eigenvalue weighted by atomic mass is 35.5. The van der Waals surface area contributed by atoms with Gasteiger partial charge in [-0.3, -0.25) is 14.2 Å². The van der Waals surface area contributed by atoms with Gasteiger partial charge in [0.15, 0.2) is 5.16 Å². The zero-order valence-electron chi connectivity index (χ0n) is 17.3. The Balaban J connectivity index is 2.03. The molecule has 0 fully saturated rings. The first-order valence-electron chi connectivity index (χ1n) is 9.80. The molecule has 0 radical (unpaired) electrons. The zero-order valence-corrected chi connectivity index (χ0v) is 18.8. The maximum atomic E-state index is 13.5. The third kappa shape index (κ3) is 6.08. The molecule has 1 heterocycles. The molecule has 11 heteroatoms. The predicted octanol–water partition coefficient (Wildman–Crippen LogP) is 5.50. The number of rotatable bonds is 7. The molecule has 33 heavy (non-hydrogen) atoms. The SMILES string of the molecule is CCCn1c(SC(C(=O)Nc2ccc(Cl)cc2C(F)(F)F)c2ccccc2)nc(O)cc1=O. The second-order valence-electron chi connectivity index (χ2n) is 6.97. The van der Waals surface area contributed by atoms with E-state index in [9.17, 15) is 27.9 Å². The summed E-state index contributed by atoms with van der Waals surface area (Å²) < 4.78 is 41.8. The number of thioether (sulfide) groups is 1. The van der Waals surface area contributed by atoms with Crippen molar-refractivity contribution in [1.82, 2.24) is 9.55 Å². The van der Waals surface area contributed by atoms with Crippen LogP contribution in [0.4, 0.5) is 18.9 Å². The first-order valence-corrected chi connectivity index (χ1v) is 11.1. The number of carbonyl (C=O) groups is 1. The van der Waals surface area contributed by atoms with Gasteiger partial charge in [-0.1, -0.05) is 60.6 Å². The number of benzene rings is 2. The van der Waals surface area contributed by atoms with E-state index in [-0.39, 0.29) is 16.7 Å². The Labute approximate surface area is 196 Å². The number of amides is 1. The summed E-state index contributed by atoms with van der Waals surface area (Å²) in [6, 6.07) is 12.4. The van der Waals surface area contributed by atoms with E-state index in [1.807, 2.05) is 6.92 Å². The normalized spacial score (nSPS) is 12.4. The van der Waals surface area contributed by atoms with Crippen molar-refractivity contribution in [1.29, 1.82) is 0 Å². The van der Waals surface area contributed by atoms with Crippen LogP contribution < -0.4 is 10.9 Å². The van der Waals surface area contributed by atoms with Crippen molar-refractivity contribution in [2.24, 2.45) is 0 Å². The van der Waals surface area contributed by atoms with Gasteiger partial charge in [-0.15, -0.1) is 0 Å². The summed E-state index contributed by atoms with van der Waals surface area (Å²) in [5, 5.41) is 11.0.